The maximum absolute atomic E-state index is 8.84. The van der Waals surface area contributed by atoms with Crippen molar-refractivity contribution in [3.63, 3.8) is 0 Å². The van der Waals surface area contributed by atoms with Crippen LogP contribution in [0.3, 0.4) is 0 Å². The van der Waals surface area contributed by atoms with E-state index in [2.05, 4.69) is 16.7 Å². The minimum Gasteiger partial charge on any atom is -0.409 e. The molecule has 1 fully saturated rings. The number of benzene rings is 1. The number of hydrogen-bond acceptors (Lipinski definition) is 4. The van der Waals surface area contributed by atoms with Crippen molar-refractivity contribution in [2.75, 3.05) is 0 Å². The number of amidine groups is 1. The summed E-state index contributed by atoms with van der Waals surface area (Å²) >= 11 is 0. The molecule has 0 spiro atoms. The van der Waals surface area contributed by atoms with E-state index >= 15 is 0 Å². The van der Waals surface area contributed by atoms with Gasteiger partial charge in [-0.25, -0.2) is 4.99 Å². The lowest BCUT2D eigenvalue weighted by atomic mass is 10.1. The predicted molar refractivity (Wildman–Crippen MR) is 81.3 cm³/mol. The standard InChI is InChI=1S/C15H18N4O/c1-10(11-7-8-11)18-14(15(17)19-20)9-13(16)12-5-3-2-4-6-12/h2-6,9,11,20H,1,7-8,16H2,(H2,17,19)/b13-9-,18-14?. The molecule has 1 aliphatic rings. The van der Waals surface area contributed by atoms with Crippen LogP contribution in [-0.4, -0.2) is 16.8 Å². The molecule has 20 heavy (non-hydrogen) atoms. The largest absolute Gasteiger partial charge is 0.409 e. The fourth-order valence-corrected chi connectivity index (χ4v) is 1.74. The molecular formula is C15H18N4O. The van der Waals surface area contributed by atoms with E-state index in [1.807, 2.05) is 30.3 Å². The van der Waals surface area contributed by atoms with Gasteiger partial charge in [0.05, 0.1) is 0 Å². The quantitative estimate of drug-likeness (QED) is 0.331. The molecule has 0 amide bonds. The van der Waals surface area contributed by atoms with E-state index < -0.39 is 0 Å². The lowest BCUT2D eigenvalue weighted by Gasteiger charge is -2.05. The van der Waals surface area contributed by atoms with Gasteiger partial charge in [-0.05, 0) is 24.5 Å². The summed E-state index contributed by atoms with van der Waals surface area (Å²) in [5.74, 6) is 0.327. The number of allylic oxidation sites excluding steroid dienone is 1. The third kappa shape index (κ3) is 3.47. The van der Waals surface area contributed by atoms with Crippen molar-refractivity contribution in [2.45, 2.75) is 12.8 Å². The Hall–Kier alpha value is -2.56. The van der Waals surface area contributed by atoms with Gasteiger partial charge in [-0.2, -0.15) is 0 Å². The van der Waals surface area contributed by atoms with Gasteiger partial charge in [0, 0.05) is 17.3 Å². The second kappa shape index (κ2) is 6.06. The van der Waals surface area contributed by atoms with Crippen LogP contribution in [0.2, 0.25) is 0 Å². The van der Waals surface area contributed by atoms with Gasteiger partial charge in [0.15, 0.2) is 5.84 Å². The first kappa shape index (κ1) is 13.9. The molecule has 0 bridgehead atoms. The van der Waals surface area contributed by atoms with Crippen LogP contribution in [0.4, 0.5) is 0 Å². The van der Waals surface area contributed by atoms with Gasteiger partial charge < -0.3 is 16.7 Å². The average molecular weight is 270 g/mol. The average Bonchev–Trinajstić information content (AvgIpc) is 3.31. The van der Waals surface area contributed by atoms with E-state index in [9.17, 15) is 0 Å². The number of nitrogens with two attached hydrogens (primary N) is 2. The number of rotatable bonds is 5. The van der Waals surface area contributed by atoms with Crippen LogP contribution in [-0.2, 0) is 0 Å². The van der Waals surface area contributed by atoms with Crippen molar-refractivity contribution in [1.82, 2.24) is 0 Å². The number of oxime groups is 1. The van der Waals surface area contributed by atoms with Crippen LogP contribution >= 0.6 is 0 Å². The third-order valence-electron chi connectivity index (χ3n) is 3.08. The van der Waals surface area contributed by atoms with Crippen molar-refractivity contribution >= 4 is 17.2 Å². The lowest BCUT2D eigenvalue weighted by molar-refractivity contribution is 0.319. The molecular weight excluding hydrogens is 252 g/mol. The highest BCUT2D eigenvalue weighted by molar-refractivity contribution is 6.46. The van der Waals surface area contributed by atoms with Crippen LogP contribution in [0.25, 0.3) is 5.70 Å². The zero-order valence-corrected chi connectivity index (χ0v) is 11.2. The van der Waals surface area contributed by atoms with Crippen LogP contribution in [0.5, 0.6) is 0 Å². The molecule has 1 aromatic carbocycles. The van der Waals surface area contributed by atoms with Crippen molar-refractivity contribution in [3.8, 4) is 0 Å². The predicted octanol–water partition coefficient (Wildman–Crippen LogP) is 2.10. The Morgan fingerprint density at radius 2 is 1.90 bits per heavy atom. The highest BCUT2D eigenvalue weighted by Crippen LogP contribution is 2.36. The molecule has 0 saturated heterocycles. The van der Waals surface area contributed by atoms with Crippen molar-refractivity contribution < 1.29 is 5.21 Å². The van der Waals surface area contributed by atoms with E-state index in [-0.39, 0.29) is 5.84 Å². The molecule has 0 aliphatic heterocycles. The molecule has 1 aliphatic carbocycles. The van der Waals surface area contributed by atoms with Crippen LogP contribution in [0.1, 0.15) is 18.4 Å². The molecule has 0 aromatic heterocycles. The zero-order chi connectivity index (χ0) is 14.5. The fourth-order valence-electron chi connectivity index (χ4n) is 1.74. The first-order valence-corrected chi connectivity index (χ1v) is 6.39. The van der Waals surface area contributed by atoms with Crippen LogP contribution in [0, 0.1) is 5.92 Å². The van der Waals surface area contributed by atoms with Crippen LogP contribution in [0.15, 0.2) is 58.8 Å². The summed E-state index contributed by atoms with van der Waals surface area (Å²) in [6.07, 6.45) is 3.77. The normalized spacial score (nSPS) is 17.1. The highest BCUT2D eigenvalue weighted by Gasteiger charge is 2.25. The summed E-state index contributed by atoms with van der Waals surface area (Å²) < 4.78 is 0. The Bertz CT molecular complexity index is 583. The van der Waals surface area contributed by atoms with Crippen molar-refractivity contribution in [1.29, 1.82) is 0 Å². The Morgan fingerprint density at radius 1 is 1.25 bits per heavy atom. The van der Waals surface area contributed by atoms with Gasteiger partial charge >= 0.3 is 0 Å². The summed E-state index contributed by atoms with van der Waals surface area (Å²) in [7, 11) is 0. The molecule has 1 saturated carbocycles. The van der Waals surface area contributed by atoms with E-state index in [1.165, 1.54) is 0 Å². The monoisotopic (exact) mass is 270 g/mol. The van der Waals surface area contributed by atoms with Gasteiger partial charge in [0.25, 0.3) is 0 Å². The SMILES string of the molecule is C=C(N=C(/C=C(\N)c1ccccc1)/C(N)=N/O)C1CC1. The second-order valence-electron chi connectivity index (χ2n) is 4.71. The lowest BCUT2D eigenvalue weighted by Crippen LogP contribution is -2.23. The number of hydrogen-bond donors (Lipinski definition) is 3. The Morgan fingerprint density at radius 3 is 2.45 bits per heavy atom. The van der Waals surface area contributed by atoms with Gasteiger partial charge in [-0.3, -0.25) is 0 Å². The van der Waals surface area contributed by atoms with E-state index in [0.717, 1.165) is 24.1 Å². The molecule has 0 unspecified atom stereocenters. The van der Waals surface area contributed by atoms with Crippen LogP contribution < -0.4 is 11.5 Å². The third-order valence-corrected chi connectivity index (χ3v) is 3.08. The summed E-state index contributed by atoms with van der Waals surface area (Å²) in [5, 5.41) is 11.8. The maximum Gasteiger partial charge on any atom is 0.188 e. The van der Waals surface area contributed by atoms with E-state index in [1.54, 1.807) is 6.08 Å². The minimum absolute atomic E-state index is 0.0781. The minimum atomic E-state index is -0.0781. The summed E-state index contributed by atoms with van der Waals surface area (Å²) in [6, 6.07) is 9.44. The first-order valence-electron chi connectivity index (χ1n) is 6.39. The van der Waals surface area contributed by atoms with Crippen molar-refractivity contribution in [2.24, 2.45) is 27.5 Å². The second-order valence-corrected chi connectivity index (χ2v) is 4.71. The molecule has 104 valence electrons. The summed E-state index contributed by atoms with van der Waals surface area (Å²) in [4.78, 5) is 4.32. The maximum atomic E-state index is 8.84. The summed E-state index contributed by atoms with van der Waals surface area (Å²) in [5.41, 5.74) is 14.1. The molecule has 5 heteroatoms. The summed E-state index contributed by atoms with van der Waals surface area (Å²) in [6.45, 7) is 3.90. The Kier molecular flexibility index (Phi) is 4.20. The number of aliphatic imine (C=N–C) groups is 1. The zero-order valence-electron chi connectivity index (χ0n) is 11.2. The Balaban J connectivity index is 2.30. The van der Waals surface area contributed by atoms with Gasteiger partial charge in [0.1, 0.15) is 5.71 Å². The van der Waals surface area contributed by atoms with Crippen molar-refractivity contribution in [3.05, 3.63) is 54.2 Å². The highest BCUT2D eigenvalue weighted by atomic mass is 16.4. The number of nitrogens with zero attached hydrogens (tertiary/aromatic N) is 2. The molecule has 0 radical (unpaired) electrons. The molecule has 0 atom stereocenters. The van der Waals surface area contributed by atoms with Gasteiger partial charge in [-0.15, -0.1) is 0 Å². The molecule has 2 rings (SSSR count). The molecule has 5 N–H and O–H groups in total. The smallest absolute Gasteiger partial charge is 0.188 e. The molecule has 5 nitrogen and oxygen atoms in total. The molecule has 0 heterocycles. The Labute approximate surface area is 118 Å². The van der Waals surface area contributed by atoms with Gasteiger partial charge in [0.2, 0.25) is 0 Å². The topological polar surface area (TPSA) is 97.0 Å². The van der Waals surface area contributed by atoms with Gasteiger partial charge in [-0.1, -0.05) is 42.1 Å². The molecule has 1 aromatic rings. The first-order chi connectivity index (χ1) is 9.61. The fraction of sp³-hybridized carbons (Fsp3) is 0.200. The van der Waals surface area contributed by atoms with E-state index in [4.69, 9.17) is 16.7 Å². The van der Waals surface area contributed by atoms with E-state index in [0.29, 0.717) is 17.3 Å².